The summed E-state index contributed by atoms with van der Waals surface area (Å²) in [6, 6.07) is 14.5. The van der Waals surface area contributed by atoms with E-state index in [9.17, 15) is 9.59 Å². The van der Waals surface area contributed by atoms with Gasteiger partial charge in [-0.1, -0.05) is 24.3 Å². The summed E-state index contributed by atoms with van der Waals surface area (Å²) in [6.07, 6.45) is 0.789. The fourth-order valence-corrected chi connectivity index (χ4v) is 2.76. The van der Waals surface area contributed by atoms with Gasteiger partial charge in [-0.25, -0.2) is 0 Å². The standard InChI is InChI=1S/C18H18N2O3/c1-23-12-6-4-5-11(9-12)14-10-15(14)18(22)20-16-8-3-2-7-13(16)17(19)21/h2-9,14-15H,10H2,1H3,(H2,19,21)(H,20,22). The van der Waals surface area contributed by atoms with Gasteiger partial charge in [0.05, 0.1) is 18.4 Å². The highest BCUT2D eigenvalue weighted by molar-refractivity contribution is 6.04. The molecule has 2 atom stereocenters. The maximum absolute atomic E-state index is 12.4. The van der Waals surface area contributed by atoms with Crippen LogP contribution in [0.3, 0.4) is 0 Å². The number of carbonyl (C=O) groups is 2. The van der Waals surface area contributed by atoms with Gasteiger partial charge in [-0.05, 0) is 42.2 Å². The van der Waals surface area contributed by atoms with E-state index in [-0.39, 0.29) is 17.7 Å². The average Bonchev–Trinajstić information content (AvgIpc) is 3.36. The first kappa shape index (κ1) is 15.1. The van der Waals surface area contributed by atoms with E-state index in [0.717, 1.165) is 17.7 Å². The molecule has 0 aliphatic heterocycles. The first-order valence-electron chi connectivity index (χ1n) is 7.44. The van der Waals surface area contributed by atoms with Crippen LogP contribution in [0.2, 0.25) is 0 Å². The minimum absolute atomic E-state index is 0.0912. The van der Waals surface area contributed by atoms with Crippen LogP contribution in [-0.2, 0) is 4.79 Å². The SMILES string of the molecule is COc1cccc(C2CC2C(=O)Nc2ccccc2C(N)=O)c1. The van der Waals surface area contributed by atoms with Gasteiger partial charge in [0.25, 0.3) is 5.91 Å². The van der Waals surface area contributed by atoms with Gasteiger partial charge in [0.2, 0.25) is 5.91 Å². The zero-order valence-corrected chi connectivity index (χ0v) is 12.8. The van der Waals surface area contributed by atoms with Crippen LogP contribution in [0.25, 0.3) is 0 Å². The van der Waals surface area contributed by atoms with Crippen LogP contribution in [0.1, 0.15) is 28.3 Å². The number of para-hydroxylation sites is 1. The topological polar surface area (TPSA) is 81.4 Å². The van der Waals surface area contributed by atoms with Crippen molar-refractivity contribution in [2.24, 2.45) is 11.7 Å². The van der Waals surface area contributed by atoms with E-state index in [2.05, 4.69) is 5.32 Å². The lowest BCUT2D eigenvalue weighted by atomic mass is 10.1. The Morgan fingerprint density at radius 3 is 2.70 bits per heavy atom. The van der Waals surface area contributed by atoms with Gasteiger partial charge < -0.3 is 15.8 Å². The summed E-state index contributed by atoms with van der Waals surface area (Å²) in [6.45, 7) is 0. The molecule has 0 saturated heterocycles. The molecule has 5 heteroatoms. The monoisotopic (exact) mass is 310 g/mol. The van der Waals surface area contributed by atoms with Crippen molar-refractivity contribution < 1.29 is 14.3 Å². The van der Waals surface area contributed by atoms with Crippen LogP contribution in [0.5, 0.6) is 5.75 Å². The molecule has 0 aromatic heterocycles. The van der Waals surface area contributed by atoms with E-state index in [1.165, 1.54) is 0 Å². The number of anilines is 1. The molecular weight excluding hydrogens is 292 g/mol. The number of ether oxygens (including phenoxy) is 1. The zero-order valence-electron chi connectivity index (χ0n) is 12.8. The Morgan fingerprint density at radius 2 is 1.96 bits per heavy atom. The van der Waals surface area contributed by atoms with Crippen molar-refractivity contribution in [3.63, 3.8) is 0 Å². The Hall–Kier alpha value is -2.82. The highest BCUT2D eigenvalue weighted by Gasteiger charge is 2.44. The molecule has 0 spiro atoms. The molecule has 1 aliphatic rings. The molecule has 2 aromatic carbocycles. The summed E-state index contributed by atoms with van der Waals surface area (Å²) < 4.78 is 5.21. The molecule has 3 N–H and O–H groups in total. The van der Waals surface area contributed by atoms with E-state index < -0.39 is 5.91 Å². The molecule has 5 nitrogen and oxygen atoms in total. The fourth-order valence-electron chi connectivity index (χ4n) is 2.76. The van der Waals surface area contributed by atoms with Crippen LogP contribution < -0.4 is 15.8 Å². The minimum Gasteiger partial charge on any atom is -0.497 e. The van der Waals surface area contributed by atoms with E-state index in [1.807, 2.05) is 24.3 Å². The van der Waals surface area contributed by atoms with Crippen molar-refractivity contribution in [2.75, 3.05) is 12.4 Å². The number of amides is 2. The lowest BCUT2D eigenvalue weighted by Gasteiger charge is -2.09. The molecule has 23 heavy (non-hydrogen) atoms. The van der Waals surface area contributed by atoms with Gasteiger partial charge in [-0.15, -0.1) is 0 Å². The van der Waals surface area contributed by atoms with E-state index in [4.69, 9.17) is 10.5 Å². The molecule has 2 unspecified atom stereocenters. The maximum Gasteiger partial charge on any atom is 0.250 e. The molecule has 3 rings (SSSR count). The molecule has 0 bridgehead atoms. The van der Waals surface area contributed by atoms with Crippen LogP contribution in [0.4, 0.5) is 5.69 Å². The highest BCUT2D eigenvalue weighted by Crippen LogP contribution is 2.48. The van der Waals surface area contributed by atoms with Gasteiger partial charge in [-0.2, -0.15) is 0 Å². The summed E-state index contributed by atoms with van der Waals surface area (Å²) in [5, 5.41) is 2.81. The Morgan fingerprint density at radius 1 is 1.17 bits per heavy atom. The van der Waals surface area contributed by atoms with Crippen molar-refractivity contribution >= 4 is 17.5 Å². The maximum atomic E-state index is 12.4. The third-order valence-electron chi connectivity index (χ3n) is 4.10. The molecule has 2 amide bonds. The van der Waals surface area contributed by atoms with Gasteiger partial charge in [0, 0.05) is 5.92 Å². The second-order valence-electron chi connectivity index (χ2n) is 5.62. The molecule has 0 heterocycles. The van der Waals surface area contributed by atoms with Gasteiger partial charge in [-0.3, -0.25) is 9.59 Å². The minimum atomic E-state index is -0.555. The van der Waals surface area contributed by atoms with Crippen molar-refractivity contribution in [3.05, 3.63) is 59.7 Å². The number of carbonyl (C=O) groups excluding carboxylic acids is 2. The van der Waals surface area contributed by atoms with Crippen molar-refractivity contribution in [2.45, 2.75) is 12.3 Å². The van der Waals surface area contributed by atoms with Crippen LogP contribution in [0, 0.1) is 5.92 Å². The number of nitrogens with one attached hydrogen (secondary N) is 1. The molecule has 0 radical (unpaired) electrons. The summed E-state index contributed by atoms with van der Waals surface area (Å²) >= 11 is 0. The van der Waals surface area contributed by atoms with E-state index >= 15 is 0 Å². The second-order valence-corrected chi connectivity index (χ2v) is 5.62. The largest absolute Gasteiger partial charge is 0.497 e. The second kappa shape index (κ2) is 6.12. The number of benzene rings is 2. The van der Waals surface area contributed by atoms with Crippen LogP contribution in [0.15, 0.2) is 48.5 Å². The average molecular weight is 310 g/mol. The summed E-state index contributed by atoms with van der Waals surface area (Å²) in [7, 11) is 1.62. The van der Waals surface area contributed by atoms with Crippen molar-refractivity contribution in [1.82, 2.24) is 0 Å². The van der Waals surface area contributed by atoms with Gasteiger partial charge >= 0.3 is 0 Å². The van der Waals surface area contributed by atoms with Crippen molar-refractivity contribution in [3.8, 4) is 5.75 Å². The van der Waals surface area contributed by atoms with Gasteiger partial charge in [0.15, 0.2) is 0 Å². The fraction of sp³-hybridized carbons (Fsp3) is 0.222. The normalized spacial score (nSPS) is 19.0. The number of nitrogens with two attached hydrogens (primary N) is 1. The molecule has 1 saturated carbocycles. The highest BCUT2D eigenvalue weighted by atomic mass is 16.5. The Bertz CT molecular complexity index is 757. The number of hydrogen-bond donors (Lipinski definition) is 2. The van der Waals surface area contributed by atoms with E-state index in [1.54, 1.807) is 31.4 Å². The molecular formula is C18H18N2O3. The third kappa shape index (κ3) is 3.18. The first-order valence-corrected chi connectivity index (χ1v) is 7.44. The quantitative estimate of drug-likeness (QED) is 0.890. The summed E-state index contributed by atoms with van der Waals surface area (Å²) in [5.41, 5.74) is 7.20. The Kier molecular flexibility index (Phi) is 4.02. The molecule has 1 fully saturated rings. The van der Waals surface area contributed by atoms with Crippen LogP contribution in [-0.4, -0.2) is 18.9 Å². The lowest BCUT2D eigenvalue weighted by Crippen LogP contribution is -2.19. The molecule has 2 aromatic rings. The molecule has 118 valence electrons. The summed E-state index contributed by atoms with van der Waals surface area (Å²) in [5.74, 6) is 0.231. The predicted molar refractivity (Wildman–Crippen MR) is 87.4 cm³/mol. The van der Waals surface area contributed by atoms with E-state index in [0.29, 0.717) is 11.3 Å². The lowest BCUT2D eigenvalue weighted by molar-refractivity contribution is -0.117. The third-order valence-corrected chi connectivity index (χ3v) is 4.10. The number of methoxy groups -OCH3 is 1. The number of primary amides is 1. The first-order chi connectivity index (χ1) is 11.1. The Balaban J connectivity index is 1.70. The molecule has 1 aliphatic carbocycles. The Labute approximate surface area is 134 Å². The number of hydrogen-bond acceptors (Lipinski definition) is 3. The summed E-state index contributed by atoms with van der Waals surface area (Å²) in [4.78, 5) is 23.8. The van der Waals surface area contributed by atoms with Crippen molar-refractivity contribution in [1.29, 1.82) is 0 Å². The van der Waals surface area contributed by atoms with Crippen LogP contribution >= 0.6 is 0 Å². The number of rotatable bonds is 5. The van der Waals surface area contributed by atoms with Gasteiger partial charge in [0.1, 0.15) is 5.75 Å². The zero-order chi connectivity index (χ0) is 16.4. The smallest absolute Gasteiger partial charge is 0.250 e. The predicted octanol–water partition coefficient (Wildman–Crippen LogP) is 2.54.